The standard InChI is InChI=1S/C11H13N/c1-4-12-10(3)11-8-6-5-7-9(11)2/h4-8H,3H2,1-2H3. The Morgan fingerprint density at radius 3 is 2.67 bits per heavy atom. The molecule has 0 atom stereocenters. The number of hydrogen-bond acceptors (Lipinski definition) is 1. The Morgan fingerprint density at radius 1 is 1.42 bits per heavy atom. The summed E-state index contributed by atoms with van der Waals surface area (Å²) in [5.41, 5.74) is 3.17. The summed E-state index contributed by atoms with van der Waals surface area (Å²) in [4.78, 5) is 4.14. The third kappa shape index (κ3) is 1.82. The molecule has 0 bridgehead atoms. The summed E-state index contributed by atoms with van der Waals surface area (Å²) >= 11 is 0. The molecule has 0 fully saturated rings. The lowest BCUT2D eigenvalue weighted by Crippen LogP contribution is -1.84. The maximum atomic E-state index is 4.14. The van der Waals surface area contributed by atoms with Gasteiger partial charge in [0.15, 0.2) is 0 Å². The van der Waals surface area contributed by atoms with Gasteiger partial charge in [-0.1, -0.05) is 30.8 Å². The van der Waals surface area contributed by atoms with Crippen LogP contribution in [0.5, 0.6) is 0 Å². The van der Waals surface area contributed by atoms with Crippen LogP contribution in [0.15, 0.2) is 35.8 Å². The first-order valence-electron chi connectivity index (χ1n) is 3.99. The third-order valence-corrected chi connectivity index (χ3v) is 1.74. The maximum absolute atomic E-state index is 4.14. The van der Waals surface area contributed by atoms with E-state index in [4.69, 9.17) is 0 Å². The van der Waals surface area contributed by atoms with E-state index in [1.807, 2.05) is 25.1 Å². The molecule has 62 valence electrons. The van der Waals surface area contributed by atoms with Crippen molar-refractivity contribution in [1.29, 1.82) is 0 Å². The van der Waals surface area contributed by atoms with E-state index < -0.39 is 0 Å². The summed E-state index contributed by atoms with van der Waals surface area (Å²) in [5.74, 6) is 0. The van der Waals surface area contributed by atoms with E-state index in [2.05, 4.69) is 24.6 Å². The van der Waals surface area contributed by atoms with Crippen molar-refractivity contribution >= 4 is 11.9 Å². The lowest BCUT2D eigenvalue weighted by atomic mass is 10.1. The van der Waals surface area contributed by atoms with Crippen molar-refractivity contribution in [1.82, 2.24) is 0 Å². The molecule has 0 aromatic heterocycles. The summed E-state index contributed by atoms with van der Waals surface area (Å²) < 4.78 is 0. The highest BCUT2D eigenvalue weighted by molar-refractivity contribution is 5.72. The second-order valence-corrected chi connectivity index (χ2v) is 2.65. The molecule has 0 heterocycles. The van der Waals surface area contributed by atoms with E-state index >= 15 is 0 Å². The quantitative estimate of drug-likeness (QED) is 0.588. The van der Waals surface area contributed by atoms with Crippen molar-refractivity contribution < 1.29 is 0 Å². The van der Waals surface area contributed by atoms with Gasteiger partial charge in [0, 0.05) is 11.8 Å². The highest BCUT2D eigenvalue weighted by atomic mass is 14.7. The zero-order chi connectivity index (χ0) is 8.97. The molecule has 1 rings (SSSR count). The van der Waals surface area contributed by atoms with Gasteiger partial charge in [-0.2, -0.15) is 0 Å². The van der Waals surface area contributed by atoms with Crippen LogP contribution >= 0.6 is 0 Å². The summed E-state index contributed by atoms with van der Waals surface area (Å²) in [7, 11) is 0. The number of hydrogen-bond donors (Lipinski definition) is 0. The Morgan fingerprint density at radius 2 is 2.08 bits per heavy atom. The molecule has 12 heavy (non-hydrogen) atoms. The molecule has 0 aliphatic carbocycles. The van der Waals surface area contributed by atoms with E-state index in [9.17, 15) is 0 Å². The van der Waals surface area contributed by atoms with Crippen molar-refractivity contribution in [2.75, 3.05) is 0 Å². The molecule has 0 saturated heterocycles. The summed E-state index contributed by atoms with van der Waals surface area (Å²) in [5, 5.41) is 0. The third-order valence-electron chi connectivity index (χ3n) is 1.74. The van der Waals surface area contributed by atoms with Crippen molar-refractivity contribution in [3.05, 3.63) is 42.0 Å². The molecule has 0 saturated carbocycles. The summed E-state index contributed by atoms with van der Waals surface area (Å²) in [6.07, 6.45) is 1.76. The first-order valence-corrected chi connectivity index (χ1v) is 3.99. The number of rotatable bonds is 2. The first-order chi connectivity index (χ1) is 5.75. The van der Waals surface area contributed by atoms with Gasteiger partial charge in [-0.25, -0.2) is 0 Å². The van der Waals surface area contributed by atoms with Crippen LogP contribution in [0, 0.1) is 6.92 Å². The fourth-order valence-electron chi connectivity index (χ4n) is 1.12. The topological polar surface area (TPSA) is 12.4 Å². The van der Waals surface area contributed by atoms with Gasteiger partial charge in [0.2, 0.25) is 0 Å². The van der Waals surface area contributed by atoms with E-state index in [0.29, 0.717) is 0 Å². The SMILES string of the molecule is C=C(N=CC)c1ccccc1C. The first kappa shape index (κ1) is 8.72. The molecule has 1 aromatic rings. The Balaban J connectivity index is 3.03. The number of aryl methyl sites for hydroxylation is 1. The Bertz CT molecular complexity index is 311. The minimum atomic E-state index is 0.829. The van der Waals surface area contributed by atoms with Crippen molar-refractivity contribution in [2.45, 2.75) is 13.8 Å². The van der Waals surface area contributed by atoms with Gasteiger partial charge in [-0.3, -0.25) is 4.99 Å². The van der Waals surface area contributed by atoms with Crippen molar-refractivity contribution in [3.63, 3.8) is 0 Å². The van der Waals surface area contributed by atoms with Gasteiger partial charge in [0.25, 0.3) is 0 Å². The van der Waals surface area contributed by atoms with E-state index in [0.717, 1.165) is 11.3 Å². The molecule has 0 aliphatic heterocycles. The Kier molecular flexibility index (Phi) is 2.81. The van der Waals surface area contributed by atoms with Crippen LogP contribution in [0.25, 0.3) is 5.70 Å². The normalized spacial score (nSPS) is 10.5. The van der Waals surface area contributed by atoms with Crippen LogP contribution in [0.3, 0.4) is 0 Å². The Hall–Kier alpha value is -1.37. The molecular weight excluding hydrogens is 146 g/mol. The molecule has 1 heteroatoms. The van der Waals surface area contributed by atoms with Crippen LogP contribution in [0.1, 0.15) is 18.1 Å². The van der Waals surface area contributed by atoms with Crippen molar-refractivity contribution in [3.8, 4) is 0 Å². The summed E-state index contributed by atoms with van der Waals surface area (Å²) in [6, 6.07) is 8.11. The van der Waals surface area contributed by atoms with Gasteiger partial charge in [-0.05, 0) is 19.4 Å². The smallest absolute Gasteiger partial charge is 0.0628 e. The van der Waals surface area contributed by atoms with Crippen LogP contribution in [-0.2, 0) is 0 Å². The van der Waals surface area contributed by atoms with E-state index in [1.54, 1.807) is 6.21 Å². The van der Waals surface area contributed by atoms with Gasteiger partial charge in [0.1, 0.15) is 0 Å². The second kappa shape index (κ2) is 3.86. The molecule has 0 radical (unpaired) electrons. The molecule has 0 N–H and O–H groups in total. The maximum Gasteiger partial charge on any atom is 0.0628 e. The second-order valence-electron chi connectivity index (χ2n) is 2.65. The van der Waals surface area contributed by atoms with Crippen LogP contribution in [0.2, 0.25) is 0 Å². The minimum absolute atomic E-state index is 0.829. The number of nitrogens with zero attached hydrogens (tertiary/aromatic N) is 1. The fourth-order valence-corrected chi connectivity index (χ4v) is 1.12. The monoisotopic (exact) mass is 159 g/mol. The van der Waals surface area contributed by atoms with E-state index in [-0.39, 0.29) is 0 Å². The van der Waals surface area contributed by atoms with Gasteiger partial charge in [-0.15, -0.1) is 0 Å². The molecular formula is C11H13N. The molecule has 1 nitrogen and oxygen atoms in total. The van der Waals surface area contributed by atoms with Crippen molar-refractivity contribution in [2.24, 2.45) is 4.99 Å². The molecule has 0 unspecified atom stereocenters. The highest BCUT2D eigenvalue weighted by Crippen LogP contribution is 2.16. The predicted octanol–water partition coefficient (Wildman–Crippen LogP) is 3.06. The lowest BCUT2D eigenvalue weighted by Gasteiger charge is -2.02. The average Bonchev–Trinajstić information content (AvgIpc) is 2.05. The minimum Gasteiger partial charge on any atom is -0.262 e. The average molecular weight is 159 g/mol. The summed E-state index contributed by atoms with van der Waals surface area (Å²) in [6.45, 7) is 7.83. The molecule has 0 amide bonds. The van der Waals surface area contributed by atoms with Gasteiger partial charge >= 0.3 is 0 Å². The zero-order valence-corrected chi connectivity index (χ0v) is 7.54. The Labute approximate surface area is 73.5 Å². The number of benzene rings is 1. The predicted molar refractivity (Wildman–Crippen MR) is 54.4 cm³/mol. The molecule has 1 aromatic carbocycles. The largest absolute Gasteiger partial charge is 0.262 e. The fraction of sp³-hybridized carbons (Fsp3) is 0.182. The van der Waals surface area contributed by atoms with Gasteiger partial charge in [0.05, 0.1) is 5.70 Å². The molecule has 0 spiro atoms. The van der Waals surface area contributed by atoms with Gasteiger partial charge < -0.3 is 0 Å². The van der Waals surface area contributed by atoms with E-state index in [1.165, 1.54) is 5.56 Å². The van der Waals surface area contributed by atoms with Crippen LogP contribution < -0.4 is 0 Å². The van der Waals surface area contributed by atoms with Crippen LogP contribution in [-0.4, -0.2) is 6.21 Å². The highest BCUT2D eigenvalue weighted by Gasteiger charge is 1.97. The number of aliphatic imine (C=N–C) groups is 1. The van der Waals surface area contributed by atoms with Crippen LogP contribution in [0.4, 0.5) is 0 Å². The lowest BCUT2D eigenvalue weighted by molar-refractivity contribution is 1.40. The zero-order valence-electron chi connectivity index (χ0n) is 7.54. The molecule has 0 aliphatic rings.